The molecule has 0 aliphatic carbocycles. The summed E-state index contributed by atoms with van der Waals surface area (Å²) in [4.78, 5) is 14.8. The van der Waals surface area contributed by atoms with E-state index in [0.29, 0.717) is 15.8 Å². The van der Waals surface area contributed by atoms with Gasteiger partial charge in [0.05, 0.1) is 23.4 Å². The van der Waals surface area contributed by atoms with Crippen LogP contribution in [0.3, 0.4) is 0 Å². The van der Waals surface area contributed by atoms with E-state index in [4.69, 9.17) is 4.42 Å². The van der Waals surface area contributed by atoms with Gasteiger partial charge in [-0.2, -0.15) is 5.10 Å². The molecule has 7 nitrogen and oxygen atoms in total. The van der Waals surface area contributed by atoms with Crippen molar-refractivity contribution in [3.05, 3.63) is 64.3 Å². The van der Waals surface area contributed by atoms with Gasteiger partial charge in [0.15, 0.2) is 5.76 Å². The van der Waals surface area contributed by atoms with Crippen LogP contribution in [0.15, 0.2) is 58.2 Å². The van der Waals surface area contributed by atoms with Crippen LogP contribution in [0.5, 0.6) is 0 Å². The van der Waals surface area contributed by atoms with Crippen molar-refractivity contribution >= 4 is 28.6 Å². The fourth-order valence-electron chi connectivity index (χ4n) is 1.70. The molecule has 0 saturated carbocycles. The van der Waals surface area contributed by atoms with Crippen molar-refractivity contribution in [2.45, 2.75) is 0 Å². The molecule has 0 saturated heterocycles. The van der Waals surface area contributed by atoms with Gasteiger partial charge < -0.3 is 4.42 Å². The van der Waals surface area contributed by atoms with E-state index in [9.17, 15) is 10.1 Å². The molecule has 0 aliphatic rings. The van der Waals surface area contributed by atoms with Crippen LogP contribution < -0.4 is 5.43 Å². The molecular formula is C14H10N4O3S. The number of nitrogens with zero attached hydrogens (tertiary/aromatic N) is 3. The summed E-state index contributed by atoms with van der Waals surface area (Å²) >= 11 is 1.29. The van der Waals surface area contributed by atoms with Crippen molar-refractivity contribution in [2.24, 2.45) is 5.10 Å². The number of rotatable bonds is 5. The Balaban J connectivity index is 1.68. The second-order valence-corrected chi connectivity index (χ2v) is 5.24. The number of anilines is 1. The molecule has 0 unspecified atom stereocenters. The Morgan fingerprint density at radius 3 is 2.82 bits per heavy atom. The molecule has 3 rings (SSSR count). The third-order valence-electron chi connectivity index (χ3n) is 2.69. The van der Waals surface area contributed by atoms with Gasteiger partial charge in [-0.05, 0) is 11.6 Å². The molecule has 0 bridgehead atoms. The highest BCUT2D eigenvalue weighted by Gasteiger charge is 2.14. The first-order valence-corrected chi connectivity index (χ1v) is 7.08. The van der Waals surface area contributed by atoms with E-state index < -0.39 is 4.92 Å². The lowest BCUT2D eigenvalue weighted by molar-refractivity contribution is -0.401. The highest BCUT2D eigenvalue weighted by atomic mass is 32.1. The normalized spacial score (nSPS) is 10.9. The molecule has 1 N–H and O–H groups in total. The third-order valence-corrected chi connectivity index (χ3v) is 3.61. The van der Waals surface area contributed by atoms with E-state index in [2.05, 4.69) is 15.5 Å². The molecule has 0 aliphatic heterocycles. The Labute approximate surface area is 129 Å². The summed E-state index contributed by atoms with van der Waals surface area (Å²) in [6, 6.07) is 12.5. The smallest absolute Gasteiger partial charge is 0.400 e. The van der Waals surface area contributed by atoms with Crippen LogP contribution in [0.2, 0.25) is 0 Å². The van der Waals surface area contributed by atoms with Gasteiger partial charge in [-0.25, -0.2) is 4.98 Å². The zero-order chi connectivity index (χ0) is 15.4. The van der Waals surface area contributed by atoms with Gasteiger partial charge in [0.2, 0.25) is 5.13 Å². The molecule has 0 spiro atoms. The van der Waals surface area contributed by atoms with Gasteiger partial charge in [-0.3, -0.25) is 15.5 Å². The molecule has 0 radical (unpaired) electrons. The summed E-state index contributed by atoms with van der Waals surface area (Å²) in [5.74, 6) is 0.115. The third kappa shape index (κ3) is 3.18. The molecular weight excluding hydrogens is 304 g/mol. The van der Waals surface area contributed by atoms with E-state index in [-0.39, 0.29) is 5.88 Å². The first-order valence-electron chi connectivity index (χ1n) is 6.27. The number of benzene rings is 1. The van der Waals surface area contributed by atoms with E-state index >= 15 is 0 Å². The van der Waals surface area contributed by atoms with E-state index in [1.54, 1.807) is 18.5 Å². The zero-order valence-electron chi connectivity index (χ0n) is 11.2. The SMILES string of the molecule is O=[N+]([O-])c1ccc(-c2cnc(NN=Cc3ccccc3)s2)o1. The van der Waals surface area contributed by atoms with Crippen LogP contribution in [-0.4, -0.2) is 16.1 Å². The summed E-state index contributed by atoms with van der Waals surface area (Å²) in [6.07, 6.45) is 3.26. The predicted molar refractivity (Wildman–Crippen MR) is 84.1 cm³/mol. The molecule has 110 valence electrons. The topological polar surface area (TPSA) is 93.6 Å². The summed E-state index contributed by atoms with van der Waals surface area (Å²) < 4.78 is 5.12. The molecule has 0 amide bonds. The summed E-state index contributed by atoms with van der Waals surface area (Å²) in [6.45, 7) is 0. The van der Waals surface area contributed by atoms with Gasteiger partial charge >= 0.3 is 5.88 Å². The minimum Gasteiger partial charge on any atom is -0.400 e. The van der Waals surface area contributed by atoms with Gasteiger partial charge in [0, 0.05) is 0 Å². The zero-order valence-corrected chi connectivity index (χ0v) is 12.0. The maximum Gasteiger partial charge on any atom is 0.433 e. The van der Waals surface area contributed by atoms with Crippen LogP contribution in [0.4, 0.5) is 11.0 Å². The quantitative estimate of drug-likeness (QED) is 0.439. The number of hydrazone groups is 1. The van der Waals surface area contributed by atoms with Crippen molar-refractivity contribution in [2.75, 3.05) is 5.43 Å². The molecule has 0 atom stereocenters. The first-order chi connectivity index (χ1) is 10.7. The number of nitro groups is 1. The maximum absolute atomic E-state index is 10.6. The lowest BCUT2D eigenvalue weighted by atomic mass is 10.2. The average Bonchev–Trinajstić information content (AvgIpc) is 3.17. The Morgan fingerprint density at radius 2 is 2.09 bits per heavy atom. The number of hydrogen-bond donors (Lipinski definition) is 1. The van der Waals surface area contributed by atoms with Crippen LogP contribution >= 0.6 is 11.3 Å². The van der Waals surface area contributed by atoms with Crippen molar-refractivity contribution in [1.29, 1.82) is 0 Å². The van der Waals surface area contributed by atoms with Crippen molar-refractivity contribution in [3.8, 4) is 10.6 Å². The second kappa shape index (κ2) is 6.19. The Hall–Kier alpha value is -3.00. The first kappa shape index (κ1) is 14.0. The van der Waals surface area contributed by atoms with Crippen LogP contribution in [0.25, 0.3) is 10.6 Å². The van der Waals surface area contributed by atoms with Gasteiger partial charge in [-0.15, -0.1) is 0 Å². The molecule has 1 aromatic carbocycles. The maximum atomic E-state index is 10.6. The van der Waals surface area contributed by atoms with Crippen molar-refractivity contribution < 1.29 is 9.34 Å². The van der Waals surface area contributed by atoms with E-state index in [1.165, 1.54) is 17.4 Å². The molecule has 2 heterocycles. The monoisotopic (exact) mass is 314 g/mol. The molecule has 2 aromatic heterocycles. The molecule has 0 fully saturated rings. The largest absolute Gasteiger partial charge is 0.433 e. The predicted octanol–water partition coefficient (Wildman–Crippen LogP) is 3.76. The molecule has 22 heavy (non-hydrogen) atoms. The highest BCUT2D eigenvalue weighted by molar-refractivity contribution is 7.18. The molecule has 3 aromatic rings. The fourth-order valence-corrected chi connectivity index (χ4v) is 2.43. The Morgan fingerprint density at radius 1 is 1.27 bits per heavy atom. The Bertz CT molecular complexity index is 810. The van der Waals surface area contributed by atoms with Crippen LogP contribution in [0.1, 0.15) is 5.56 Å². The number of furan rings is 1. The highest BCUT2D eigenvalue weighted by Crippen LogP contribution is 2.32. The standard InChI is InChI=1S/C14H10N4O3S/c19-18(20)13-7-6-11(21-13)12-9-15-14(22-12)17-16-8-10-4-2-1-3-5-10/h1-9H,(H,15,17). The number of aromatic nitrogens is 1. The van der Waals surface area contributed by atoms with Crippen molar-refractivity contribution in [3.63, 3.8) is 0 Å². The minimum atomic E-state index is -0.576. The molecule has 8 heteroatoms. The minimum absolute atomic E-state index is 0.292. The summed E-state index contributed by atoms with van der Waals surface area (Å²) in [5, 5.41) is 15.3. The van der Waals surface area contributed by atoms with Crippen LogP contribution in [-0.2, 0) is 0 Å². The lowest BCUT2D eigenvalue weighted by Gasteiger charge is -1.93. The average molecular weight is 314 g/mol. The second-order valence-electron chi connectivity index (χ2n) is 4.21. The number of nitrogens with one attached hydrogen (secondary N) is 1. The van der Waals surface area contributed by atoms with Gasteiger partial charge in [-0.1, -0.05) is 41.7 Å². The Kier molecular flexibility index (Phi) is 3.92. The number of thiazole rings is 1. The number of hydrogen-bond acceptors (Lipinski definition) is 7. The van der Waals surface area contributed by atoms with Crippen LogP contribution in [0, 0.1) is 10.1 Å². The van der Waals surface area contributed by atoms with Crippen molar-refractivity contribution in [1.82, 2.24) is 4.98 Å². The van der Waals surface area contributed by atoms with Gasteiger partial charge in [0.1, 0.15) is 4.92 Å². The fraction of sp³-hybridized carbons (Fsp3) is 0. The van der Waals surface area contributed by atoms with Gasteiger partial charge in [0.25, 0.3) is 0 Å². The van der Waals surface area contributed by atoms with E-state index in [1.807, 2.05) is 30.3 Å². The summed E-state index contributed by atoms with van der Waals surface area (Å²) in [5.41, 5.74) is 3.78. The lowest BCUT2D eigenvalue weighted by Crippen LogP contribution is -1.88. The summed E-state index contributed by atoms with van der Waals surface area (Å²) in [7, 11) is 0. The van der Waals surface area contributed by atoms with E-state index in [0.717, 1.165) is 5.56 Å².